The fourth-order valence-corrected chi connectivity index (χ4v) is 4.25. The van der Waals surface area contributed by atoms with Gasteiger partial charge in [0.15, 0.2) is 11.5 Å². The lowest BCUT2D eigenvalue weighted by Crippen LogP contribution is -2.38. The number of aromatic nitrogens is 6. The highest BCUT2D eigenvalue weighted by Crippen LogP contribution is 2.29. The van der Waals surface area contributed by atoms with Gasteiger partial charge in [-0.05, 0) is 50.1 Å². The molecule has 31 heavy (non-hydrogen) atoms. The summed E-state index contributed by atoms with van der Waals surface area (Å²) in [6.07, 6.45) is 1.69. The van der Waals surface area contributed by atoms with Gasteiger partial charge in [-0.15, -0.1) is 10.2 Å². The average molecular weight is 418 g/mol. The summed E-state index contributed by atoms with van der Waals surface area (Å²) in [6, 6.07) is 9.66. The Balaban J connectivity index is 1.33. The van der Waals surface area contributed by atoms with Gasteiger partial charge < -0.3 is 9.88 Å². The molecule has 160 valence electrons. The van der Waals surface area contributed by atoms with Gasteiger partial charge in [0, 0.05) is 30.0 Å². The Morgan fingerprint density at radius 2 is 1.87 bits per heavy atom. The van der Waals surface area contributed by atoms with Crippen LogP contribution in [0.5, 0.6) is 0 Å². The second kappa shape index (κ2) is 7.14. The molecule has 1 aromatic carbocycles. The van der Waals surface area contributed by atoms with Crippen LogP contribution >= 0.6 is 0 Å². The number of piperidine rings is 1. The molecule has 1 N–H and O–H groups in total. The predicted molar refractivity (Wildman–Crippen MR) is 118 cm³/mol. The Morgan fingerprint density at radius 3 is 2.61 bits per heavy atom. The molecule has 4 aromatic rings. The number of imidazole rings is 1. The first-order valence-corrected chi connectivity index (χ1v) is 10.8. The summed E-state index contributed by atoms with van der Waals surface area (Å²) in [4.78, 5) is 22.6. The van der Waals surface area contributed by atoms with E-state index in [0.717, 1.165) is 46.9 Å². The van der Waals surface area contributed by atoms with Crippen molar-refractivity contribution in [3.05, 3.63) is 53.2 Å². The van der Waals surface area contributed by atoms with E-state index in [1.54, 1.807) is 0 Å². The normalized spacial score (nSPS) is 15.8. The van der Waals surface area contributed by atoms with Crippen LogP contribution in [0, 0.1) is 6.92 Å². The number of nitrogens with zero attached hydrogens (tertiary/aromatic N) is 6. The van der Waals surface area contributed by atoms with Crippen molar-refractivity contribution in [3.63, 3.8) is 0 Å². The van der Waals surface area contributed by atoms with Crippen LogP contribution in [0.15, 0.2) is 30.3 Å². The highest BCUT2D eigenvalue weighted by molar-refractivity contribution is 5.97. The van der Waals surface area contributed by atoms with Gasteiger partial charge in [-0.25, -0.2) is 4.98 Å². The van der Waals surface area contributed by atoms with Crippen molar-refractivity contribution in [3.8, 4) is 0 Å². The van der Waals surface area contributed by atoms with E-state index in [9.17, 15) is 4.79 Å². The Hall–Kier alpha value is -3.29. The van der Waals surface area contributed by atoms with E-state index in [2.05, 4.69) is 40.9 Å². The Labute approximate surface area is 180 Å². The standard InChI is InChI=1S/C23H27N7O/c1-14-24-17-6-5-16(13-18(17)25-14)22(31)29-11-9-15(10-12-29)21-27-26-20-8-7-19(23(2,3)4)28-30(20)21/h5-8,13,15H,9-12H2,1-4H3,(H,24,25). The van der Waals surface area contributed by atoms with Gasteiger partial charge in [0.05, 0.1) is 16.7 Å². The number of fused-ring (bicyclic) bond motifs is 2. The largest absolute Gasteiger partial charge is 0.342 e. The zero-order chi connectivity index (χ0) is 21.8. The lowest BCUT2D eigenvalue weighted by Gasteiger charge is -2.31. The van der Waals surface area contributed by atoms with E-state index < -0.39 is 0 Å². The van der Waals surface area contributed by atoms with Crippen LogP contribution in [0.25, 0.3) is 16.7 Å². The summed E-state index contributed by atoms with van der Waals surface area (Å²) in [7, 11) is 0. The fourth-order valence-electron chi connectivity index (χ4n) is 4.25. The van der Waals surface area contributed by atoms with E-state index in [4.69, 9.17) is 5.10 Å². The third-order valence-corrected chi connectivity index (χ3v) is 6.05. The number of aromatic amines is 1. The van der Waals surface area contributed by atoms with Crippen molar-refractivity contribution < 1.29 is 4.79 Å². The van der Waals surface area contributed by atoms with E-state index in [0.29, 0.717) is 18.7 Å². The molecular formula is C23H27N7O. The number of rotatable bonds is 2. The molecule has 0 radical (unpaired) electrons. The number of carbonyl (C=O) groups excluding carboxylic acids is 1. The minimum absolute atomic E-state index is 0.0419. The van der Waals surface area contributed by atoms with E-state index in [1.807, 2.05) is 46.7 Å². The van der Waals surface area contributed by atoms with Crippen LogP contribution in [0.3, 0.4) is 0 Å². The van der Waals surface area contributed by atoms with Gasteiger partial charge in [-0.1, -0.05) is 20.8 Å². The Bertz CT molecular complexity index is 1270. The summed E-state index contributed by atoms with van der Waals surface area (Å²) in [6.45, 7) is 9.75. The first-order chi connectivity index (χ1) is 14.8. The second-order valence-electron chi connectivity index (χ2n) is 9.42. The molecule has 1 fully saturated rings. The van der Waals surface area contributed by atoms with Crippen LogP contribution in [0.1, 0.15) is 67.2 Å². The van der Waals surface area contributed by atoms with E-state index in [1.165, 1.54) is 0 Å². The molecule has 1 saturated heterocycles. The molecule has 0 atom stereocenters. The molecule has 0 spiro atoms. The summed E-state index contributed by atoms with van der Waals surface area (Å²) in [5, 5.41) is 13.6. The SMILES string of the molecule is Cc1nc2ccc(C(=O)N3CCC(c4nnc5ccc(C(C)(C)C)nn45)CC3)cc2[nH]1. The maximum absolute atomic E-state index is 13.1. The summed E-state index contributed by atoms with van der Waals surface area (Å²) < 4.78 is 1.89. The number of nitrogens with one attached hydrogen (secondary N) is 1. The monoisotopic (exact) mass is 417 g/mol. The van der Waals surface area contributed by atoms with Crippen molar-refractivity contribution in [1.82, 2.24) is 34.7 Å². The molecule has 1 amide bonds. The van der Waals surface area contributed by atoms with Gasteiger partial charge in [-0.3, -0.25) is 4.79 Å². The lowest BCUT2D eigenvalue weighted by atomic mass is 9.92. The summed E-state index contributed by atoms with van der Waals surface area (Å²) in [5.74, 6) is 2.04. The van der Waals surface area contributed by atoms with Crippen LogP contribution in [-0.2, 0) is 5.41 Å². The highest BCUT2D eigenvalue weighted by Gasteiger charge is 2.28. The molecule has 5 rings (SSSR count). The van der Waals surface area contributed by atoms with Gasteiger partial charge in [0.2, 0.25) is 0 Å². The molecule has 8 nitrogen and oxygen atoms in total. The zero-order valence-electron chi connectivity index (χ0n) is 18.4. The summed E-state index contributed by atoms with van der Waals surface area (Å²) >= 11 is 0. The molecule has 0 unspecified atom stereocenters. The third kappa shape index (κ3) is 3.56. The molecule has 3 aromatic heterocycles. The molecule has 0 bridgehead atoms. The van der Waals surface area contributed by atoms with E-state index in [-0.39, 0.29) is 17.2 Å². The van der Waals surface area contributed by atoms with E-state index >= 15 is 0 Å². The molecular weight excluding hydrogens is 390 g/mol. The molecule has 1 aliphatic heterocycles. The van der Waals surface area contributed by atoms with Crippen molar-refractivity contribution in [2.75, 3.05) is 13.1 Å². The highest BCUT2D eigenvalue weighted by atomic mass is 16.2. The van der Waals surface area contributed by atoms with Gasteiger partial charge in [-0.2, -0.15) is 9.61 Å². The number of hydrogen-bond acceptors (Lipinski definition) is 5. The molecule has 8 heteroatoms. The molecule has 0 saturated carbocycles. The Kier molecular flexibility index (Phi) is 4.53. The minimum atomic E-state index is -0.0419. The zero-order valence-corrected chi connectivity index (χ0v) is 18.4. The lowest BCUT2D eigenvalue weighted by molar-refractivity contribution is 0.0711. The van der Waals surface area contributed by atoms with Crippen LogP contribution < -0.4 is 0 Å². The van der Waals surface area contributed by atoms with Crippen LogP contribution in [0.2, 0.25) is 0 Å². The quantitative estimate of drug-likeness (QED) is 0.538. The average Bonchev–Trinajstić information content (AvgIpc) is 3.34. The van der Waals surface area contributed by atoms with Crippen LogP contribution in [0.4, 0.5) is 0 Å². The van der Waals surface area contributed by atoms with Crippen molar-refractivity contribution in [2.45, 2.75) is 51.9 Å². The third-order valence-electron chi connectivity index (χ3n) is 6.05. The smallest absolute Gasteiger partial charge is 0.253 e. The topological polar surface area (TPSA) is 92.1 Å². The number of aryl methyl sites for hydroxylation is 1. The van der Waals surface area contributed by atoms with Gasteiger partial charge in [0.1, 0.15) is 5.82 Å². The Morgan fingerprint density at radius 1 is 1.10 bits per heavy atom. The molecule has 0 aliphatic carbocycles. The maximum atomic E-state index is 13.1. The first-order valence-electron chi connectivity index (χ1n) is 10.8. The number of carbonyl (C=O) groups is 1. The second-order valence-corrected chi connectivity index (χ2v) is 9.42. The molecule has 4 heterocycles. The minimum Gasteiger partial charge on any atom is -0.342 e. The van der Waals surface area contributed by atoms with Crippen molar-refractivity contribution >= 4 is 22.6 Å². The fraction of sp³-hybridized carbons (Fsp3) is 0.435. The number of likely N-dealkylation sites (tertiary alicyclic amines) is 1. The van der Waals surface area contributed by atoms with Crippen LogP contribution in [-0.4, -0.2) is 53.7 Å². The first kappa shape index (κ1) is 19.7. The number of hydrogen-bond donors (Lipinski definition) is 1. The number of H-pyrrole nitrogens is 1. The number of benzene rings is 1. The number of amides is 1. The molecule has 1 aliphatic rings. The maximum Gasteiger partial charge on any atom is 0.253 e. The van der Waals surface area contributed by atoms with Crippen molar-refractivity contribution in [1.29, 1.82) is 0 Å². The summed E-state index contributed by atoms with van der Waals surface area (Å²) in [5.41, 5.74) is 4.21. The van der Waals surface area contributed by atoms with Gasteiger partial charge >= 0.3 is 0 Å². The van der Waals surface area contributed by atoms with Crippen molar-refractivity contribution in [2.24, 2.45) is 0 Å². The van der Waals surface area contributed by atoms with Gasteiger partial charge in [0.25, 0.3) is 5.91 Å². The predicted octanol–water partition coefficient (Wildman–Crippen LogP) is 3.63.